The first-order chi connectivity index (χ1) is 13.0. The Kier molecular flexibility index (Phi) is 7.91. The number of benzene rings is 1. The largest absolute Gasteiger partial charge is 0.450 e. The van der Waals surface area contributed by atoms with E-state index >= 15 is 0 Å². The van der Waals surface area contributed by atoms with Crippen LogP contribution < -0.4 is 16.4 Å². The van der Waals surface area contributed by atoms with Crippen molar-refractivity contribution in [1.82, 2.24) is 15.5 Å². The molecular formula is C19H29N5O3. The number of likely N-dealkylation sites (tertiary alicyclic amines) is 1. The molecule has 0 aromatic heterocycles. The zero-order valence-electron chi connectivity index (χ0n) is 16.0. The van der Waals surface area contributed by atoms with E-state index in [1.807, 2.05) is 19.1 Å². The molecule has 0 saturated carbocycles. The highest BCUT2D eigenvalue weighted by atomic mass is 16.6. The number of rotatable bonds is 6. The highest BCUT2D eigenvalue weighted by molar-refractivity contribution is 5.94. The molecule has 1 aliphatic heterocycles. The molecule has 1 fully saturated rings. The molecule has 4 N–H and O–H groups in total. The number of carbonyl (C=O) groups excluding carboxylic acids is 2. The van der Waals surface area contributed by atoms with Crippen LogP contribution in [-0.2, 0) is 11.3 Å². The summed E-state index contributed by atoms with van der Waals surface area (Å²) in [4.78, 5) is 29.5. The third kappa shape index (κ3) is 6.47. The summed E-state index contributed by atoms with van der Waals surface area (Å²) in [7, 11) is 0. The van der Waals surface area contributed by atoms with Gasteiger partial charge in [-0.05, 0) is 44.4 Å². The molecule has 1 aromatic carbocycles. The molecule has 2 rings (SSSR count). The van der Waals surface area contributed by atoms with E-state index in [9.17, 15) is 9.59 Å². The Morgan fingerprint density at radius 1 is 1.22 bits per heavy atom. The van der Waals surface area contributed by atoms with Gasteiger partial charge in [-0.1, -0.05) is 12.1 Å². The molecule has 8 nitrogen and oxygen atoms in total. The van der Waals surface area contributed by atoms with Crippen LogP contribution in [0.15, 0.2) is 29.3 Å². The minimum atomic E-state index is -0.256. The summed E-state index contributed by atoms with van der Waals surface area (Å²) in [6, 6.07) is 7.51. The number of hydrogen-bond acceptors (Lipinski definition) is 4. The molecule has 0 bridgehead atoms. The van der Waals surface area contributed by atoms with Gasteiger partial charge in [-0.2, -0.15) is 0 Å². The van der Waals surface area contributed by atoms with Crippen molar-refractivity contribution in [3.8, 4) is 0 Å². The summed E-state index contributed by atoms with van der Waals surface area (Å²) < 4.78 is 5.02. The van der Waals surface area contributed by atoms with E-state index in [2.05, 4.69) is 15.6 Å². The molecule has 1 heterocycles. The van der Waals surface area contributed by atoms with E-state index in [1.165, 1.54) is 0 Å². The van der Waals surface area contributed by atoms with Crippen LogP contribution in [0.1, 0.15) is 42.6 Å². The maximum Gasteiger partial charge on any atom is 0.409 e. The summed E-state index contributed by atoms with van der Waals surface area (Å²) in [6.07, 6.45) is 1.35. The second-order valence-electron chi connectivity index (χ2n) is 6.36. The van der Waals surface area contributed by atoms with Crippen molar-refractivity contribution in [3.63, 3.8) is 0 Å². The van der Waals surface area contributed by atoms with Crippen LogP contribution in [-0.4, -0.2) is 55.1 Å². The highest BCUT2D eigenvalue weighted by Gasteiger charge is 2.23. The van der Waals surface area contributed by atoms with Crippen molar-refractivity contribution >= 4 is 18.0 Å². The van der Waals surface area contributed by atoms with Gasteiger partial charge in [-0.15, -0.1) is 0 Å². The summed E-state index contributed by atoms with van der Waals surface area (Å²) in [5.74, 6) is 0.306. The third-order valence-corrected chi connectivity index (χ3v) is 4.36. The minimum Gasteiger partial charge on any atom is -0.450 e. The van der Waals surface area contributed by atoms with E-state index in [1.54, 1.807) is 24.0 Å². The van der Waals surface area contributed by atoms with Crippen molar-refractivity contribution in [2.45, 2.75) is 39.3 Å². The zero-order valence-corrected chi connectivity index (χ0v) is 16.0. The summed E-state index contributed by atoms with van der Waals surface area (Å²) in [6.45, 7) is 6.41. The average Bonchev–Trinajstić information content (AvgIpc) is 2.68. The highest BCUT2D eigenvalue weighted by Crippen LogP contribution is 2.11. The van der Waals surface area contributed by atoms with Gasteiger partial charge >= 0.3 is 6.09 Å². The maximum atomic E-state index is 11.7. The van der Waals surface area contributed by atoms with Crippen molar-refractivity contribution in [3.05, 3.63) is 35.4 Å². The van der Waals surface area contributed by atoms with Gasteiger partial charge in [0.15, 0.2) is 5.96 Å². The van der Waals surface area contributed by atoms with Crippen LogP contribution in [0, 0.1) is 0 Å². The molecule has 0 radical (unpaired) electrons. The van der Waals surface area contributed by atoms with Gasteiger partial charge in [0.2, 0.25) is 0 Å². The molecule has 1 aliphatic rings. The van der Waals surface area contributed by atoms with E-state index in [0.29, 0.717) is 44.3 Å². The molecule has 0 unspecified atom stereocenters. The van der Waals surface area contributed by atoms with Crippen LogP contribution in [0.4, 0.5) is 4.79 Å². The van der Waals surface area contributed by atoms with Crippen LogP contribution >= 0.6 is 0 Å². The SMILES string of the molecule is CCNC(=O)c1ccc(CN=C(N)NC2CCN(C(=O)OCC)CC2)cc1. The predicted molar refractivity (Wildman–Crippen MR) is 105 cm³/mol. The van der Waals surface area contributed by atoms with Gasteiger partial charge in [0.25, 0.3) is 5.91 Å². The lowest BCUT2D eigenvalue weighted by Crippen LogP contribution is -2.48. The predicted octanol–water partition coefficient (Wildman–Crippen LogP) is 1.46. The van der Waals surface area contributed by atoms with Gasteiger partial charge in [-0.25, -0.2) is 9.79 Å². The fourth-order valence-corrected chi connectivity index (χ4v) is 2.88. The summed E-state index contributed by atoms with van der Waals surface area (Å²) in [5.41, 5.74) is 7.59. The standard InChI is InChI=1S/C19H29N5O3/c1-3-21-17(25)15-7-5-14(6-8-15)13-22-18(20)23-16-9-11-24(12-10-16)19(26)27-4-2/h5-8,16H,3-4,9-13H2,1-2H3,(H,21,25)(H3,20,22,23). The topological polar surface area (TPSA) is 109 Å². The number of nitrogens with one attached hydrogen (secondary N) is 2. The summed E-state index contributed by atoms with van der Waals surface area (Å²) >= 11 is 0. The lowest BCUT2D eigenvalue weighted by Gasteiger charge is -2.31. The Morgan fingerprint density at radius 2 is 1.89 bits per heavy atom. The molecule has 1 aromatic rings. The second kappa shape index (κ2) is 10.4. The number of hydrogen-bond donors (Lipinski definition) is 3. The van der Waals surface area contributed by atoms with Crippen molar-refractivity contribution in [2.75, 3.05) is 26.2 Å². The normalized spacial score (nSPS) is 15.3. The molecule has 0 atom stereocenters. The van der Waals surface area contributed by atoms with E-state index in [-0.39, 0.29) is 18.0 Å². The maximum absolute atomic E-state index is 11.7. The molecule has 0 spiro atoms. The first kappa shape index (κ1) is 20.5. The molecule has 8 heteroatoms. The average molecular weight is 375 g/mol. The molecule has 148 valence electrons. The first-order valence-corrected chi connectivity index (χ1v) is 9.38. The Morgan fingerprint density at radius 3 is 2.48 bits per heavy atom. The number of guanidine groups is 1. The fraction of sp³-hybridized carbons (Fsp3) is 0.526. The number of carbonyl (C=O) groups is 2. The summed E-state index contributed by atoms with van der Waals surface area (Å²) in [5, 5.41) is 5.98. The number of amides is 2. The number of nitrogens with zero attached hydrogens (tertiary/aromatic N) is 2. The van der Waals surface area contributed by atoms with E-state index in [0.717, 1.165) is 18.4 Å². The lowest BCUT2D eigenvalue weighted by molar-refractivity contribution is 0.0950. The third-order valence-electron chi connectivity index (χ3n) is 4.36. The molecule has 0 aliphatic carbocycles. The van der Waals surface area contributed by atoms with Crippen molar-refractivity contribution in [2.24, 2.45) is 10.7 Å². The monoisotopic (exact) mass is 375 g/mol. The molecule has 1 saturated heterocycles. The fourth-order valence-electron chi connectivity index (χ4n) is 2.88. The Bertz CT molecular complexity index is 652. The van der Waals surface area contributed by atoms with Crippen LogP contribution in [0.2, 0.25) is 0 Å². The van der Waals surface area contributed by atoms with Crippen LogP contribution in [0.3, 0.4) is 0 Å². The van der Waals surface area contributed by atoms with Gasteiger partial charge in [0.05, 0.1) is 13.2 Å². The van der Waals surface area contributed by atoms with Gasteiger partial charge in [0, 0.05) is 31.2 Å². The second-order valence-corrected chi connectivity index (χ2v) is 6.36. The van der Waals surface area contributed by atoms with Crippen molar-refractivity contribution < 1.29 is 14.3 Å². The van der Waals surface area contributed by atoms with Crippen LogP contribution in [0.5, 0.6) is 0 Å². The quantitative estimate of drug-likeness (QED) is 0.515. The molecule has 27 heavy (non-hydrogen) atoms. The van der Waals surface area contributed by atoms with Gasteiger partial charge < -0.3 is 26.0 Å². The Balaban J connectivity index is 1.78. The van der Waals surface area contributed by atoms with E-state index < -0.39 is 0 Å². The smallest absolute Gasteiger partial charge is 0.409 e. The van der Waals surface area contributed by atoms with Crippen molar-refractivity contribution in [1.29, 1.82) is 0 Å². The lowest BCUT2D eigenvalue weighted by atomic mass is 10.1. The Hall–Kier alpha value is -2.77. The Labute approximate surface area is 160 Å². The van der Waals surface area contributed by atoms with Gasteiger partial charge in [-0.3, -0.25) is 4.79 Å². The number of ether oxygens (including phenoxy) is 1. The van der Waals surface area contributed by atoms with Crippen LogP contribution in [0.25, 0.3) is 0 Å². The first-order valence-electron chi connectivity index (χ1n) is 9.38. The minimum absolute atomic E-state index is 0.0807. The zero-order chi connectivity index (χ0) is 19.6. The number of piperidine rings is 1. The number of aliphatic imine (C=N–C) groups is 1. The molecular weight excluding hydrogens is 346 g/mol. The van der Waals surface area contributed by atoms with Gasteiger partial charge in [0.1, 0.15) is 0 Å². The number of nitrogens with two attached hydrogens (primary N) is 1. The molecule has 2 amide bonds. The van der Waals surface area contributed by atoms with E-state index in [4.69, 9.17) is 10.5 Å².